The van der Waals surface area contributed by atoms with Crippen molar-refractivity contribution in [2.24, 2.45) is 0 Å². The quantitative estimate of drug-likeness (QED) is 0.779. The van der Waals surface area contributed by atoms with Crippen LogP contribution in [-0.4, -0.2) is 34.6 Å². The second kappa shape index (κ2) is 8.08. The molecule has 26 heavy (non-hydrogen) atoms. The van der Waals surface area contributed by atoms with Crippen LogP contribution in [0, 0.1) is 0 Å². The van der Waals surface area contributed by atoms with Crippen molar-refractivity contribution in [1.82, 2.24) is 9.88 Å². The lowest BCUT2D eigenvalue weighted by atomic mass is 10.0. The summed E-state index contributed by atoms with van der Waals surface area (Å²) in [5.41, 5.74) is 3.01. The Hall–Kier alpha value is -2.76. The highest BCUT2D eigenvalue weighted by molar-refractivity contribution is 5.76. The van der Waals surface area contributed by atoms with E-state index >= 15 is 0 Å². The first kappa shape index (κ1) is 18.0. The van der Waals surface area contributed by atoms with Crippen LogP contribution in [0.5, 0.6) is 11.5 Å². The van der Waals surface area contributed by atoms with Crippen LogP contribution in [0.25, 0.3) is 0 Å². The monoisotopic (exact) mass is 356 g/mol. The number of carbonyl (C=O) groups excluding carboxylic acids is 1. The van der Waals surface area contributed by atoms with E-state index < -0.39 is 0 Å². The smallest absolute Gasteiger partial charge is 0.248 e. The van der Waals surface area contributed by atoms with Gasteiger partial charge in [-0.2, -0.15) is 0 Å². The maximum Gasteiger partial charge on any atom is 0.248 e. The molecule has 2 aromatic rings. The molecule has 1 amide bonds. The van der Waals surface area contributed by atoms with E-state index in [1.807, 2.05) is 11.0 Å². The third kappa shape index (κ3) is 4.25. The molecule has 0 unspecified atom stereocenters. The van der Waals surface area contributed by atoms with Crippen LogP contribution < -0.4 is 10.3 Å². The number of aryl methyl sites for hydroxylation is 1. The van der Waals surface area contributed by atoms with E-state index in [2.05, 4.69) is 4.98 Å². The summed E-state index contributed by atoms with van der Waals surface area (Å²) in [5, 5.41) is 9.80. The molecular weight excluding hydrogens is 332 g/mol. The van der Waals surface area contributed by atoms with Gasteiger partial charge in [-0.1, -0.05) is 6.07 Å². The molecule has 2 heterocycles. The molecule has 1 aromatic heterocycles. The van der Waals surface area contributed by atoms with Gasteiger partial charge in [0.05, 0.1) is 7.11 Å². The molecule has 6 nitrogen and oxygen atoms in total. The number of hydrogen-bond donors (Lipinski definition) is 2. The molecule has 0 bridgehead atoms. The number of unbranched alkanes of at least 4 members (excludes halogenated alkanes) is 1. The molecule has 3 rings (SSSR count). The lowest BCUT2D eigenvalue weighted by molar-refractivity contribution is -0.132. The Kier molecular flexibility index (Phi) is 5.61. The normalized spacial score (nSPS) is 13.3. The Balaban J connectivity index is 1.45. The molecule has 0 radical (unpaired) electrons. The lowest BCUT2D eigenvalue weighted by Gasteiger charge is -2.28. The number of rotatable bonds is 6. The van der Waals surface area contributed by atoms with Gasteiger partial charge in [-0.05, 0) is 54.5 Å². The topological polar surface area (TPSA) is 82.6 Å². The van der Waals surface area contributed by atoms with Gasteiger partial charge in [-0.15, -0.1) is 0 Å². The van der Waals surface area contributed by atoms with E-state index in [0.29, 0.717) is 25.3 Å². The van der Waals surface area contributed by atoms with Crippen LogP contribution in [0.4, 0.5) is 0 Å². The van der Waals surface area contributed by atoms with Crippen molar-refractivity contribution in [2.75, 3.05) is 13.7 Å². The largest absolute Gasteiger partial charge is 0.504 e. The number of amides is 1. The maximum atomic E-state index is 12.4. The molecule has 2 N–H and O–H groups in total. The first-order valence-corrected chi connectivity index (χ1v) is 8.91. The highest BCUT2D eigenvalue weighted by Gasteiger charge is 2.20. The van der Waals surface area contributed by atoms with E-state index in [9.17, 15) is 14.7 Å². The summed E-state index contributed by atoms with van der Waals surface area (Å²) in [6.45, 7) is 1.24. The first-order valence-electron chi connectivity index (χ1n) is 8.91. The van der Waals surface area contributed by atoms with Gasteiger partial charge in [0.2, 0.25) is 11.5 Å². The van der Waals surface area contributed by atoms with Crippen molar-refractivity contribution < 1.29 is 14.6 Å². The summed E-state index contributed by atoms with van der Waals surface area (Å²) in [6.07, 6.45) is 5.47. The van der Waals surface area contributed by atoms with Gasteiger partial charge in [0.25, 0.3) is 0 Å². The molecule has 138 valence electrons. The molecule has 1 aliphatic heterocycles. The van der Waals surface area contributed by atoms with Crippen molar-refractivity contribution in [3.8, 4) is 11.5 Å². The fourth-order valence-corrected chi connectivity index (χ4v) is 3.33. The Labute approximate surface area is 152 Å². The second-order valence-corrected chi connectivity index (χ2v) is 6.63. The van der Waals surface area contributed by atoms with Crippen LogP contribution in [-0.2, 0) is 24.2 Å². The van der Waals surface area contributed by atoms with Crippen molar-refractivity contribution in [2.45, 2.75) is 38.6 Å². The lowest BCUT2D eigenvalue weighted by Crippen LogP contribution is -2.36. The predicted molar refractivity (Wildman–Crippen MR) is 98.4 cm³/mol. The summed E-state index contributed by atoms with van der Waals surface area (Å²) in [7, 11) is 1.52. The van der Waals surface area contributed by atoms with E-state index in [1.54, 1.807) is 24.4 Å². The molecule has 0 fully saturated rings. The number of phenols is 1. The molecule has 0 aliphatic carbocycles. The minimum atomic E-state index is -0.0897. The van der Waals surface area contributed by atoms with Crippen molar-refractivity contribution in [3.05, 3.63) is 57.5 Å². The number of aromatic amines is 1. The number of ether oxygens (including phenoxy) is 1. The zero-order chi connectivity index (χ0) is 18.5. The van der Waals surface area contributed by atoms with Gasteiger partial charge in [0, 0.05) is 31.8 Å². The zero-order valence-electron chi connectivity index (χ0n) is 15.0. The highest BCUT2D eigenvalue weighted by atomic mass is 16.5. The molecule has 6 heteroatoms. The van der Waals surface area contributed by atoms with E-state index in [-0.39, 0.29) is 17.2 Å². The second-order valence-electron chi connectivity index (χ2n) is 6.63. The average Bonchev–Trinajstić information content (AvgIpc) is 2.64. The summed E-state index contributed by atoms with van der Waals surface area (Å²) >= 11 is 0. The fourth-order valence-electron chi connectivity index (χ4n) is 3.33. The Morgan fingerprint density at radius 3 is 2.88 bits per heavy atom. The van der Waals surface area contributed by atoms with Gasteiger partial charge in [-0.3, -0.25) is 9.59 Å². The predicted octanol–water partition coefficient (Wildman–Crippen LogP) is 2.39. The Bertz CT molecular complexity index is 844. The Morgan fingerprint density at radius 1 is 1.27 bits per heavy atom. The average molecular weight is 356 g/mol. The summed E-state index contributed by atoms with van der Waals surface area (Å²) in [4.78, 5) is 28.3. The van der Waals surface area contributed by atoms with Crippen LogP contribution in [0.3, 0.4) is 0 Å². The van der Waals surface area contributed by atoms with Gasteiger partial charge in [-0.25, -0.2) is 0 Å². The molecule has 0 spiro atoms. The number of aromatic nitrogens is 1. The number of fused-ring (bicyclic) bond motifs is 1. The van der Waals surface area contributed by atoms with Gasteiger partial charge >= 0.3 is 0 Å². The highest BCUT2D eigenvalue weighted by Crippen LogP contribution is 2.27. The minimum Gasteiger partial charge on any atom is -0.504 e. The van der Waals surface area contributed by atoms with Crippen LogP contribution in [0.2, 0.25) is 0 Å². The number of nitrogens with one attached hydrogen (secondary N) is 1. The van der Waals surface area contributed by atoms with Crippen molar-refractivity contribution >= 4 is 5.91 Å². The van der Waals surface area contributed by atoms with Crippen molar-refractivity contribution in [3.63, 3.8) is 0 Å². The summed E-state index contributed by atoms with van der Waals surface area (Å²) in [6, 6.07) is 7.03. The molecule has 0 saturated heterocycles. The van der Waals surface area contributed by atoms with Crippen LogP contribution in [0.1, 0.15) is 36.0 Å². The number of benzene rings is 1. The molecule has 1 aliphatic rings. The van der Waals surface area contributed by atoms with E-state index in [1.165, 1.54) is 7.11 Å². The summed E-state index contributed by atoms with van der Waals surface area (Å²) < 4.78 is 5.04. The number of nitrogens with zero attached hydrogens (tertiary/aromatic N) is 1. The minimum absolute atomic E-state index is 0.0897. The van der Waals surface area contributed by atoms with Gasteiger partial charge in [0.15, 0.2) is 11.5 Å². The van der Waals surface area contributed by atoms with Gasteiger partial charge in [0.1, 0.15) is 0 Å². The number of carbonyl (C=O) groups is 1. The number of H-pyrrole nitrogens is 1. The van der Waals surface area contributed by atoms with Crippen LogP contribution >= 0.6 is 0 Å². The summed E-state index contributed by atoms with van der Waals surface area (Å²) in [5.74, 6) is 0.765. The SMILES string of the molecule is COc1ccc(CCCCC(=O)N2CCc3cc(=O)[nH]cc3C2)cc1O. The van der Waals surface area contributed by atoms with E-state index in [4.69, 9.17) is 4.74 Å². The third-order valence-corrected chi connectivity index (χ3v) is 4.82. The number of phenolic OH excluding ortho intramolecular Hbond substituents is 1. The van der Waals surface area contributed by atoms with Crippen LogP contribution in [0.15, 0.2) is 35.3 Å². The number of pyridine rings is 1. The molecule has 1 aromatic carbocycles. The van der Waals surface area contributed by atoms with E-state index in [0.717, 1.165) is 42.4 Å². The molecule has 0 atom stereocenters. The standard InChI is InChI=1S/C20H24N2O4/c1-26-18-7-6-14(10-17(18)23)4-2-3-5-20(25)22-9-8-15-11-19(24)21-12-16(15)13-22/h6-7,10-12,23H,2-5,8-9,13H2,1H3,(H,21,24). The maximum absolute atomic E-state index is 12.4. The number of methoxy groups -OCH3 is 1. The molecule has 0 saturated carbocycles. The molecular formula is C20H24N2O4. The zero-order valence-corrected chi connectivity index (χ0v) is 15.0. The van der Waals surface area contributed by atoms with Crippen molar-refractivity contribution in [1.29, 1.82) is 0 Å². The first-order chi connectivity index (χ1) is 12.6. The third-order valence-electron chi connectivity index (χ3n) is 4.82. The fraction of sp³-hybridized carbons (Fsp3) is 0.400. The number of aromatic hydroxyl groups is 1. The number of hydrogen-bond acceptors (Lipinski definition) is 4. The Morgan fingerprint density at radius 2 is 2.12 bits per heavy atom. The van der Waals surface area contributed by atoms with Gasteiger partial charge < -0.3 is 19.7 Å².